The molecule has 2 atom stereocenters. The fourth-order valence-electron chi connectivity index (χ4n) is 2.79. The molecule has 0 bridgehead atoms. The topological polar surface area (TPSA) is 55.8 Å². The third-order valence-electron chi connectivity index (χ3n) is 4.76. The van der Waals surface area contributed by atoms with Crippen molar-refractivity contribution >= 4 is 6.03 Å². The maximum atomic E-state index is 12.1. The van der Waals surface area contributed by atoms with E-state index in [9.17, 15) is 4.79 Å². The highest BCUT2D eigenvalue weighted by molar-refractivity contribution is 5.74. The molecule has 0 radical (unpaired) electrons. The van der Waals surface area contributed by atoms with Gasteiger partial charge in [-0.05, 0) is 44.7 Å². The van der Waals surface area contributed by atoms with Crippen LogP contribution in [0.2, 0.25) is 0 Å². The quantitative estimate of drug-likeness (QED) is 0.786. The summed E-state index contributed by atoms with van der Waals surface area (Å²) in [5.41, 5.74) is 0. The largest absolute Gasteiger partial charge is 0.394 e. The minimum atomic E-state index is -0.154. The minimum Gasteiger partial charge on any atom is -0.394 e. The molecule has 1 fully saturated rings. The van der Waals surface area contributed by atoms with Crippen molar-refractivity contribution in [1.82, 2.24) is 15.1 Å². The molecular weight excluding hydrogens is 266 g/mol. The van der Waals surface area contributed by atoms with Crippen LogP contribution in [0.15, 0.2) is 0 Å². The number of hydrogen-bond donors (Lipinski definition) is 2. The number of hydrogen-bond acceptors (Lipinski definition) is 3. The Kier molecular flexibility index (Phi) is 7.46. The number of nitrogens with one attached hydrogen (secondary N) is 1. The number of carbonyl (C=O) groups is 1. The first-order chi connectivity index (χ1) is 9.86. The zero-order valence-corrected chi connectivity index (χ0v) is 14.3. The summed E-state index contributed by atoms with van der Waals surface area (Å²) < 4.78 is 0. The van der Waals surface area contributed by atoms with E-state index < -0.39 is 0 Å². The van der Waals surface area contributed by atoms with Gasteiger partial charge in [0.25, 0.3) is 0 Å². The van der Waals surface area contributed by atoms with Crippen LogP contribution < -0.4 is 5.32 Å². The normalized spacial score (nSPS) is 20.3. The monoisotopic (exact) mass is 299 g/mol. The molecule has 5 heteroatoms. The second-order valence-electron chi connectivity index (χ2n) is 6.86. The van der Waals surface area contributed by atoms with Crippen LogP contribution in [0.3, 0.4) is 0 Å². The van der Waals surface area contributed by atoms with Gasteiger partial charge in [-0.1, -0.05) is 20.8 Å². The molecule has 0 aromatic rings. The summed E-state index contributed by atoms with van der Waals surface area (Å²) in [5, 5.41) is 12.1. The van der Waals surface area contributed by atoms with Crippen LogP contribution in [0, 0.1) is 11.8 Å². The molecule has 1 aliphatic heterocycles. The van der Waals surface area contributed by atoms with Gasteiger partial charge in [0.15, 0.2) is 0 Å². The van der Waals surface area contributed by atoms with Crippen LogP contribution in [-0.2, 0) is 0 Å². The van der Waals surface area contributed by atoms with Gasteiger partial charge in [-0.3, -0.25) is 4.90 Å². The van der Waals surface area contributed by atoms with Gasteiger partial charge >= 0.3 is 6.03 Å². The Balaban J connectivity index is 2.50. The molecule has 2 N–H and O–H groups in total. The number of rotatable bonds is 6. The van der Waals surface area contributed by atoms with Crippen LogP contribution in [0.1, 0.15) is 40.5 Å². The molecule has 124 valence electrons. The lowest BCUT2D eigenvalue weighted by molar-refractivity contribution is 0.104. The van der Waals surface area contributed by atoms with Gasteiger partial charge in [-0.25, -0.2) is 4.79 Å². The fraction of sp³-hybridized carbons (Fsp3) is 0.938. The first kappa shape index (κ1) is 18.2. The minimum absolute atomic E-state index is 0.0124. The Bertz CT molecular complexity index is 315. The molecule has 0 aromatic carbocycles. The molecule has 1 rings (SSSR count). The summed E-state index contributed by atoms with van der Waals surface area (Å²) in [6.07, 6.45) is 2.50. The van der Waals surface area contributed by atoms with E-state index in [0.29, 0.717) is 18.5 Å². The number of nitrogens with zero attached hydrogens (tertiary/aromatic N) is 2. The van der Waals surface area contributed by atoms with E-state index >= 15 is 0 Å². The summed E-state index contributed by atoms with van der Waals surface area (Å²) >= 11 is 0. The summed E-state index contributed by atoms with van der Waals surface area (Å²) in [6, 6.07) is 0.130. The standard InChI is InChI=1S/C16H33N3O2/c1-12(2)15(19-8-6-13(3)7-9-19)10-17-16(21)18(5)14(4)11-20/h12-15,20H,6-11H2,1-5H3,(H,17,21). The van der Waals surface area contributed by atoms with E-state index in [1.165, 1.54) is 12.8 Å². The molecule has 2 unspecified atom stereocenters. The van der Waals surface area contributed by atoms with E-state index in [-0.39, 0.29) is 18.7 Å². The molecule has 0 aliphatic carbocycles. The molecule has 21 heavy (non-hydrogen) atoms. The van der Waals surface area contributed by atoms with Crippen molar-refractivity contribution in [3.05, 3.63) is 0 Å². The smallest absolute Gasteiger partial charge is 0.317 e. The van der Waals surface area contributed by atoms with Gasteiger partial charge in [-0.15, -0.1) is 0 Å². The first-order valence-electron chi connectivity index (χ1n) is 8.22. The summed E-state index contributed by atoms with van der Waals surface area (Å²) in [6.45, 7) is 11.5. The molecule has 1 saturated heterocycles. The third kappa shape index (κ3) is 5.47. The van der Waals surface area contributed by atoms with Gasteiger partial charge in [0, 0.05) is 19.6 Å². The lowest BCUT2D eigenvalue weighted by Crippen LogP contribution is -2.52. The molecule has 2 amide bonds. The Morgan fingerprint density at radius 3 is 2.38 bits per heavy atom. The molecule has 0 spiro atoms. The molecular formula is C16H33N3O2. The second-order valence-corrected chi connectivity index (χ2v) is 6.86. The molecule has 0 saturated carbocycles. The number of aliphatic hydroxyl groups is 1. The second kappa shape index (κ2) is 8.59. The first-order valence-corrected chi connectivity index (χ1v) is 8.22. The lowest BCUT2D eigenvalue weighted by Gasteiger charge is -2.39. The predicted molar refractivity (Wildman–Crippen MR) is 86.3 cm³/mol. The Morgan fingerprint density at radius 2 is 1.90 bits per heavy atom. The van der Waals surface area contributed by atoms with Crippen molar-refractivity contribution in [2.24, 2.45) is 11.8 Å². The van der Waals surface area contributed by atoms with Crippen LogP contribution in [0.5, 0.6) is 0 Å². The average molecular weight is 299 g/mol. The van der Waals surface area contributed by atoms with Gasteiger partial charge in [-0.2, -0.15) is 0 Å². The van der Waals surface area contributed by atoms with Gasteiger partial charge < -0.3 is 15.3 Å². The van der Waals surface area contributed by atoms with Gasteiger partial charge in [0.05, 0.1) is 12.6 Å². The van der Waals surface area contributed by atoms with Crippen molar-refractivity contribution < 1.29 is 9.90 Å². The third-order valence-corrected chi connectivity index (χ3v) is 4.76. The van der Waals surface area contributed by atoms with Gasteiger partial charge in [0.1, 0.15) is 0 Å². The van der Waals surface area contributed by atoms with E-state index in [0.717, 1.165) is 19.0 Å². The van der Waals surface area contributed by atoms with E-state index in [1.54, 1.807) is 11.9 Å². The van der Waals surface area contributed by atoms with Crippen molar-refractivity contribution in [3.8, 4) is 0 Å². The summed E-state index contributed by atoms with van der Waals surface area (Å²) in [7, 11) is 1.73. The number of amides is 2. The van der Waals surface area contributed by atoms with Crippen molar-refractivity contribution in [3.63, 3.8) is 0 Å². The Labute approximate surface area is 129 Å². The molecule has 5 nitrogen and oxygen atoms in total. The van der Waals surface area contributed by atoms with E-state index in [2.05, 4.69) is 31.0 Å². The Morgan fingerprint density at radius 1 is 1.33 bits per heavy atom. The van der Waals surface area contributed by atoms with Crippen LogP contribution in [0.4, 0.5) is 4.79 Å². The number of piperidine rings is 1. The number of aliphatic hydroxyl groups excluding tert-OH is 1. The number of likely N-dealkylation sites (tertiary alicyclic amines) is 1. The van der Waals surface area contributed by atoms with E-state index in [4.69, 9.17) is 5.11 Å². The Hall–Kier alpha value is -0.810. The maximum Gasteiger partial charge on any atom is 0.317 e. The number of carbonyl (C=O) groups excluding carboxylic acids is 1. The highest BCUT2D eigenvalue weighted by Crippen LogP contribution is 2.21. The van der Waals surface area contributed by atoms with Crippen LogP contribution in [-0.4, -0.2) is 66.3 Å². The van der Waals surface area contributed by atoms with Crippen LogP contribution >= 0.6 is 0 Å². The molecule has 1 heterocycles. The predicted octanol–water partition coefficient (Wildman–Crippen LogP) is 1.77. The highest BCUT2D eigenvalue weighted by Gasteiger charge is 2.26. The molecule has 0 aromatic heterocycles. The summed E-state index contributed by atoms with van der Waals surface area (Å²) in [5.74, 6) is 1.33. The summed E-state index contributed by atoms with van der Waals surface area (Å²) in [4.78, 5) is 16.2. The molecule has 1 aliphatic rings. The SMILES string of the molecule is CC1CCN(C(CNC(=O)N(C)C(C)CO)C(C)C)CC1. The van der Waals surface area contributed by atoms with Crippen LogP contribution in [0.25, 0.3) is 0 Å². The zero-order valence-electron chi connectivity index (χ0n) is 14.3. The number of urea groups is 1. The highest BCUT2D eigenvalue weighted by atomic mass is 16.3. The average Bonchev–Trinajstić information content (AvgIpc) is 2.47. The number of likely N-dealkylation sites (N-methyl/N-ethyl adjacent to an activating group) is 1. The van der Waals surface area contributed by atoms with Gasteiger partial charge in [0.2, 0.25) is 0 Å². The zero-order chi connectivity index (χ0) is 16.0. The maximum absolute atomic E-state index is 12.1. The van der Waals surface area contributed by atoms with Crippen molar-refractivity contribution in [2.45, 2.75) is 52.6 Å². The van der Waals surface area contributed by atoms with E-state index in [1.807, 2.05) is 6.92 Å². The fourth-order valence-corrected chi connectivity index (χ4v) is 2.79. The van der Waals surface area contributed by atoms with Crippen molar-refractivity contribution in [1.29, 1.82) is 0 Å². The lowest BCUT2D eigenvalue weighted by atomic mass is 9.94. The van der Waals surface area contributed by atoms with Crippen molar-refractivity contribution in [2.75, 3.05) is 33.3 Å².